The molecule has 0 aromatic rings. The Kier molecular flexibility index (Phi) is 4.88. The van der Waals surface area contributed by atoms with Crippen LogP contribution >= 0.6 is 0 Å². The highest BCUT2D eigenvalue weighted by molar-refractivity contribution is 5.72. The van der Waals surface area contributed by atoms with Gasteiger partial charge in [0.25, 0.3) is 6.29 Å². The van der Waals surface area contributed by atoms with Crippen LogP contribution < -0.4 is 0 Å². The summed E-state index contributed by atoms with van der Waals surface area (Å²) in [4.78, 5) is 10.5. The van der Waals surface area contributed by atoms with E-state index in [2.05, 4.69) is 9.47 Å². The monoisotopic (exact) mass is 147 g/mol. The molecule has 4 heteroatoms. The van der Waals surface area contributed by atoms with Crippen LogP contribution in [0.4, 0.5) is 0 Å². The first kappa shape index (κ1) is 9.39. The van der Waals surface area contributed by atoms with Crippen LogP contribution in [0, 0.1) is 0 Å². The first-order chi connectivity index (χ1) is 4.72. The molecule has 0 aromatic heterocycles. The molecule has 0 bridgehead atoms. The maximum atomic E-state index is 10.5. The number of carbonyl (C=O) groups is 1. The van der Waals surface area contributed by atoms with Crippen molar-refractivity contribution in [1.82, 2.24) is 0 Å². The maximum absolute atomic E-state index is 10.5. The smallest absolute Gasteiger partial charge is 0.366 e. The van der Waals surface area contributed by atoms with Gasteiger partial charge in [-0.1, -0.05) is 0 Å². The highest BCUT2D eigenvalue weighted by Crippen LogP contribution is 1.91. The lowest BCUT2D eigenvalue weighted by Crippen LogP contribution is -2.24. The van der Waals surface area contributed by atoms with Crippen LogP contribution in [-0.4, -0.2) is 25.5 Å². The van der Waals surface area contributed by atoms with Crippen molar-refractivity contribution in [3.05, 3.63) is 0 Å². The predicted molar refractivity (Wildman–Crippen MR) is 32.7 cm³/mol. The van der Waals surface area contributed by atoms with Crippen LogP contribution in [0.1, 0.15) is 13.8 Å². The van der Waals surface area contributed by atoms with Crippen molar-refractivity contribution in [3.8, 4) is 0 Å². The fourth-order valence-corrected chi connectivity index (χ4v) is 0.430. The van der Waals surface area contributed by atoms with Gasteiger partial charge in [-0.3, -0.25) is 0 Å². The van der Waals surface area contributed by atoms with Gasteiger partial charge in [-0.2, -0.15) is 5.11 Å². The Morgan fingerprint density at radius 3 is 2.40 bits per heavy atom. The summed E-state index contributed by atoms with van der Waals surface area (Å²) in [6, 6.07) is 0. The summed E-state index contributed by atoms with van der Waals surface area (Å²) in [5.74, 6) is -0.843. The van der Waals surface area contributed by atoms with Gasteiger partial charge >= 0.3 is 5.97 Å². The Morgan fingerprint density at radius 2 is 2.00 bits per heavy atom. The van der Waals surface area contributed by atoms with Gasteiger partial charge in [0.2, 0.25) is 0 Å². The zero-order valence-corrected chi connectivity index (χ0v) is 6.12. The number of carbonyl (C=O) groups excluding carboxylic acids is 1. The summed E-state index contributed by atoms with van der Waals surface area (Å²) in [7, 11) is 0. The average molecular weight is 147 g/mol. The molecule has 0 aliphatic heterocycles. The molecule has 1 atom stereocenters. The van der Waals surface area contributed by atoms with Crippen molar-refractivity contribution in [2.45, 2.75) is 20.1 Å². The van der Waals surface area contributed by atoms with Crippen LogP contribution in [0.5, 0.6) is 0 Å². The van der Waals surface area contributed by atoms with Gasteiger partial charge < -0.3 is 9.47 Å². The van der Waals surface area contributed by atoms with Crippen molar-refractivity contribution in [1.29, 1.82) is 0 Å². The summed E-state index contributed by atoms with van der Waals surface area (Å²) >= 11 is 0. The molecule has 0 fully saturated rings. The quantitative estimate of drug-likeness (QED) is 0.425. The lowest BCUT2D eigenvalue weighted by Gasteiger charge is -2.05. The van der Waals surface area contributed by atoms with Gasteiger partial charge in [0, 0.05) is 6.61 Å². The standard InChI is InChI=1S/C6H11O4/c1-3-9-5(7)6(8)10-4-2/h5H,3-4H2,1-2H3. The van der Waals surface area contributed by atoms with Gasteiger partial charge in [-0.15, -0.1) is 0 Å². The van der Waals surface area contributed by atoms with Gasteiger partial charge in [0.1, 0.15) is 0 Å². The highest BCUT2D eigenvalue weighted by atomic mass is 16.6. The molecule has 1 radical (unpaired) electrons. The van der Waals surface area contributed by atoms with Gasteiger partial charge in [0.05, 0.1) is 6.61 Å². The second-order valence-corrected chi connectivity index (χ2v) is 1.54. The largest absolute Gasteiger partial charge is 0.462 e. The predicted octanol–water partition coefficient (Wildman–Crippen LogP) is 0.343. The van der Waals surface area contributed by atoms with E-state index in [1.165, 1.54) is 0 Å². The lowest BCUT2D eigenvalue weighted by atomic mass is 10.6. The molecular formula is C6H11O4. The van der Waals surface area contributed by atoms with E-state index in [9.17, 15) is 9.90 Å². The summed E-state index contributed by atoms with van der Waals surface area (Å²) in [6.07, 6.45) is -1.68. The minimum atomic E-state index is -1.68. The third-order valence-corrected chi connectivity index (χ3v) is 0.797. The molecule has 0 heterocycles. The Morgan fingerprint density at radius 1 is 1.40 bits per heavy atom. The molecule has 59 valence electrons. The van der Waals surface area contributed by atoms with Crippen LogP contribution in [0.2, 0.25) is 0 Å². The van der Waals surface area contributed by atoms with Crippen LogP contribution in [0.15, 0.2) is 0 Å². The Balaban J connectivity index is 3.49. The van der Waals surface area contributed by atoms with E-state index in [-0.39, 0.29) is 13.2 Å². The number of esters is 1. The van der Waals surface area contributed by atoms with E-state index in [1.807, 2.05) is 0 Å². The van der Waals surface area contributed by atoms with Crippen molar-refractivity contribution < 1.29 is 19.4 Å². The summed E-state index contributed by atoms with van der Waals surface area (Å²) in [5.41, 5.74) is 0. The molecular weight excluding hydrogens is 136 g/mol. The van der Waals surface area contributed by atoms with E-state index >= 15 is 0 Å². The third-order valence-electron chi connectivity index (χ3n) is 0.797. The van der Waals surface area contributed by atoms with Crippen molar-refractivity contribution in [3.63, 3.8) is 0 Å². The van der Waals surface area contributed by atoms with E-state index < -0.39 is 12.3 Å². The number of hydrogen-bond acceptors (Lipinski definition) is 3. The average Bonchev–Trinajstić information content (AvgIpc) is 1.89. The van der Waals surface area contributed by atoms with Crippen LogP contribution in [0.3, 0.4) is 0 Å². The van der Waals surface area contributed by atoms with E-state index in [1.54, 1.807) is 13.8 Å². The van der Waals surface area contributed by atoms with E-state index in [4.69, 9.17) is 0 Å². The minimum absolute atomic E-state index is 0.213. The van der Waals surface area contributed by atoms with E-state index in [0.29, 0.717) is 0 Å². The molecule has 0 saturated heterocycles. The fourth-order valence-electron chi connectivity index (χ4n) is 0.430. The van der Waals surface area contributed by atoms with Gasteiger partial charge in [0.15, 0.2) is 0 Å². The summed E-state index contributed by atoms with van der Waals surface area (Å²) in [6.45, 7) is 3.72. The first-order valence-corrected chi connectivity index (χ1v) is 3.16. The topological polar surface area (TPSA) is 55.4 Å². The zero-order chi connectivity index (χ0) is 7.98. The van der Waals surface area contributed by atoms with Crippen LogP contribution in [-0.2, 0) is 19.4 Å². The number of rotatable bonds is 4. The number of ether oxygens (including phenoxy) is 2. The molecule has 0 spiro atoms. The number of hydrogen-bond donors (Lipinski definition) is 0. The third kappa shape index (κ3) is 3.42. The molecule has 0 N–H and O–H groups in total. The summed E-state index contributed by atoms with van der Waals surface area (Å²) in [5, 5.41) is 10.5. The van der Waals surface area contributed by atoms with Gasteiger partial charge in [-0.05, 0) is 13.8 Å². The lowest BCUT2D eigenvalue weighted by molar-refractivity contribution is -0.194. The molecule has 1 unspecified atom stereocenters. The van der Waals surface area contributed by atoms with Crippen molar-refractivity contribution in [2.75, 3.05) is 13.2 Å². The normalized spacial score (nSPS) is 12.7. The highest BCUT2D eigenvalue weighted by Gasteiger charge is 2.16. The molecule has 4 nitrogen and oxygen atoms in total. The molecule has 0 aliphatic carbocycles. The second kappa shape index (κ2) is 5.20. The molecule has 0 amide bonds. The van der Waals surface area contributed by atoms with Crippen molar-refractivity contribution >= 4 is 5.97 Å². The fraction of sp³-hybridized carbons (Fsp3) is 0.833. The Bertz CT molecular complexity index is 102. The van der Waals surface area contributed by atoms with Crippen molar-refractivity contribution in [2.24, 2.45) is 0 Å². The van der Waals surface area contributed by atoms with Gasteiger partial charge in [-0.25, -0.2) is 4.79 Å². The Hall–Kier alpha value is -0.610. The summed E-state index contributed by atoms with van der Waals surface area (Å²) < 4.78 is 8.81. The molecule has 0 rings (SSSR count). The molecule has 0 saturated carbocycles. The van der Waals surface area contributed by atoms with E-state index in [0.717, 1.165) is 0 Å². The zero-order valence-electron chi connectivity index (χ0n) is 6.12. The maximum Gasteiger partial charge on any atom is 0.366 e. The minimum Gasteiger partial charge on any atom is -0.462 e. The second-order valence-electron chi connectivity index (χ2n) is 1.54. The van der Waals surface area contributed by atoms with Crippen LogP contribution in [0.25, 0.3) is 0 Å². The molecule has 0 aliphatic rings. The molecule has 0 aromatic carbocycles. The SMILES string of the molecule is CCOC(=O)C([O])OCC. The molecule has 10 heavy (non-hydrogen) atoms. The first-order valence-electron chi connectivity index (χ1n) is 3.16. The Labute approximate surface area is 59.7 Å².